The van der Waals surface area contributed by atoms with Crippen molar-refractivity contribution in [3.05, 3.63) is 81.9 Å². The standard InChI is InChI=1S/C33H38O6/c1-20-11-27(38-18-23(16-34)17-35)12-21(2)32(20)28-6-4-5-24(22(28)3)19-39-26-7-8-29-25(13-26)15-33(9-10-33)30(29)14-31(36)37/h4-8,11-13,23,30,34-35H,9-10,14-19H2,1-3H3,(H,36,37)/p-1. The van der Waals surface area contributed by atoms with Crippen molar-refractivity contribution in [2.24, 2.45) is 11.3 Å². The number of carboxylic acid groups (broad SMARTS) is 1. The fourth-order valence-corrected chi connectivity index (χ4v) is 6.26. The van der Waals surface area contributed by atoms with Crippen molar-refractivity contribution in [3.8, 4) is 22.6 Å². The van der Waals surface area contributed by atoms with Gasteiger partial charge >= 0.3 is 0 Å². The van der Waals surface area contributed by atoms with Crippen LogP contribution in [0.4, 0.5) is 0 Å². The van der Waals surface area contributed by atoms with Crippen LogP contribution >= 0.6 is 0 Å². The van der Waals surface area contributed by atoms with Crippen LogP contribution in [-0.2, 0) is 17.8 Å². The maximum absolute atomic E-state index is 11.3. The molecule has 3 aromatic rings. The van der Waals surface area contributed by atoms with Crippen LogP contribution in [0.1, 0.15) is 58.6 Å². The minimum Gasteiger partial charge on any atom is -0.550 e. The summed E-state index contributed by atoms with van der Waals surface area (Å²) in [5, 5.41) is 30.0. The number of aliphatic hydroxyl groups is 2. The number of aliphatic hydroxyl groups excluding tert-OH is 2. The number of hydrogen-bond acceptors (Lipinski definition) is 6. The molecule has 2 aliphatic carbocycles. The molecule has 1 atom stereocenters. The van der Waals surface area contributed by atoms with Crippen molar-refractivity contribution in [1.82, 2.24) is 0 Å². The van der Waals surface area contributed by atoms with E-state index in [1.807, 2.05) is 24.3 Å². The van der Waals surface area contributed by atoms with Crippen LogP contribution in [0, 0.1) is 32.1 Å². The van der Waals surface area contributed by atoms with Gasteiger partial charge in [0.25, 0.3) is 0 Å². The van der Waals surface area contributed by atoms with E-state index in [9.17, 15) is 20.1 Å². The second kappa shape index (κ2) is 11.0. The molecular weight excluding hydrogens is 492 g/mol. The van der Waals surface area contributed by atoms with Gasteiger partial charge in [0.1, 0.15) is 18.1 Å². The predicted octanol–water partition coefficient (Wildman–Crippen LogP) is 4.40. The number of fused-ring (bicyclic) bond motifs is 1. The van der Waals surface area contributed by atoms with Crippen LogP contribution in [0.2, 0.25) is 0 Å². The summed E-state index contributed by atoms with van der Waals surface area (Å²) in [5.41, 5.74) is 9.22. The number of carboxylic acids is 1. The summed E-state index contributed by atoms with van der Waals surface area (Å²) >= 11 is 0. The van der Waals surface area contributed by atoms with Crippen LogP contribution in [0.5, 0.6) is 11.5 Å². The molecule has 39 heavy (non-hydrogen) atoms. The van der Waals surface area contributed by atoms with Crippen LogP contribution in [0.3, 0.4) is 0 Å². The maximum atomic E-state index is 11.3. The van der Waals surface area contributed by atoms with Gasteiger partial charge in [0.2, 0.25) is 0 Å². The summed E-state index contributed by atoms with van der Waals surface area (Å²) in [4.78, 5) is 11.3. The highest BCUT2D eigenvalue weighted by atomic mass is 16.5. The minimum absolute atomic E-state index is 0.0551. The SMILES string of the molecule is Cc1cc(OCC(CO)CO)cc(C)c1-c1cccc(COc2ccc3c(c2)CC2(CC2)C3CC(=O)[O-])c1C. The second-order valence-corrected chi connectivity index (χ2v) is 11.4. The lowest BCUT2D eigenvalue weighted by atomic mass is 9.87. The quantitative estimate of drug-likeness (QED) is 0.382. The summed E-state index contributed by atoms with van der Waals surface area (Å²) < 4.78 is 12.1. The van der Waals surface area contributed by atoms with Crippen molar-refractivity contribution >= 4 is 5.97 Å². The van der Waals surface area contributed by atoms with Gasteiger partial charge in [0.15, 0.2) is 0 Å². The molecule has 3 aromatic carbocycles. The number of carbonyl (C=O) groups excluding carboxylic acids is 1. The molecule has 1 unspecified atom stereocenters. The molecule has 2 N–H and O–H groups in total. The first-order chi connectivity index (χ1) is 18.7. The number of carbonyl (C=O) groups is 1. The highest BCUT2D eigenvalue weighted by molar-refractivity contribution is 5.75. The van der Waals surface area contributed by atoms with Gasteiger partial charge in [-0.25, -0.2) is 0 Å². The lowest BCUT2D eigenvalue weighted by molar-refractivity contribution is -0.306. The lowest BCUT2D eigenvalue weighted by Crippen LogP contribution is -2.26. The Morgan fingerprint density at radius 2 is 1.72 bits per heavy atom. The highest BCUT2D eigenvalue weighted by Crippen LogP contribution is 2.64. The summed E-state index contributed by atoms with van der Waals surface area (Å²) in [7, 11) is 0. The molecule has 5 rings (SSSR count). The predicted molar refractivity (Wildman–Crippen MR) is 148 cm³/mol. The Labute approximate surface area is 230 Å². The van der Waals surface area contributed by atoms with Crippen LogP contribution in [-0.4, -0.2) is 36.0 Å². The van der Waals surface area contributed by atoms with Gasteiger partial charge in [-0.2, -0.15) is 0 Å². The van der Waals surface area contributed by atoms with Crippen LogP contribution < -0.4 is 14.6 Å². The van der Waals surface area contributed by atoms with Gasteiger partial charge in [-0.05, 0) is 127 Å². The smallest absolute Gasteiger partial charge is 0.120 e. The monoisotopic (exact) mass is 529 g/mol. The number of aliphatic carboxylic acids is 1. The average Bonchev–Trinajstić information content (AvgIpc) is 3.61. The van der Waals surface area contributed by atoms with Gasteiger partial charge in [-0.1, -0.05) is 24.3 Å². The second-order valence-electron chi connectivity index (χ2n) is 11.4. The summed E-state index contributed by atoms with van der Waals surface area (Å²) in [6.07, 6.45) is 3.18. The molecule has 0 amide bonds. The molecule has 6 heteroatoms. The molecular formula is C33H37O6-. The van der Waals surface area contributed by atoms with Gasteiger partial charge in [-0.15, -0.1) is 0 Å². The van der Waals surface area contributed by atoms with Crippen molar-refractivity contribution in [2.75, 3.05) is 19.8 Å². The molecule has 1 spiro atoms. The maximum Gasteiger partial charge on any atom is 0.120 e. The zero-order valence-electron chi connectivity index (χ0n) is 23.0. The molecule has 0 radical (unpaired) electrons. The van der Waals surface area contributed by atoms with E-state index in [2.05, 4.69) is 45.0 Å². The lowest BCUT2D eigenvalue weighted by Gasteiger charge is -2.20. The molecule has 0 bridgehead atoms. The molecule has 0 saturated heterocycles. The Balaban J connectivity index is 1.32. The van der Waals surface area contributed by atoms with Gasteiger partial charge in [0, 0.05) is 11.9 Å². The van der Waals surface area contributed by atoms with Gasteiger partial charge in [0.05, 0.1) is 19.8 Å². The third-order valence-electron chi connectivity index (χ3n) is 8.65. The minimum atomic E-state index is -0.973. The van der Waals surface area contributed by atoms with Crippen molar-refractivity contribution in [1.29, 1.82) is 0 Å². The van der Waals surface area contributed by atoms with E-state index in [0.717, 1.165) is 69.7 Å². The zero-order chi connectivity index (χ0) is 27.7. The van der Waals surface area contributed by atoms with E-state index in [-0.39, 0.29) is 43.5 Å². The number of rotatable bonds is 11. The van der Waals surface area contributed by atoms with Crippen LogP contribution in [0.15, 0.2) is 48.5 Å². The first kappa shape index (κ1) is 27.2. The number of ether oxygens (including phenoxy) is 2. The van der Waals surface area contributed by atoms with Crippen molar-refractivity contribution < 1.29 is 29.6 Å². The molecule has 206 valence electrons. The average molecular weight is 530 g/mol. The highest BCUT2D eigenvalue weighted by Gasteiger charge is 2.54. The summed E-state index contributed by atoms with van der Waals surface area (Å²) in [6.45, 7) is 6.73. The Morgan fingerprint density at radius 1 is 1.00 bits per heavy atom. The third kappa shape index (κ3) is 5.54. The topological polar surface area (TPSA) is 99.1 Å². The Hall–Kier alpha value is -3.35. The van der Waals surface area contributed by atoms with E-state index >= 15 is 0 Å². The fourth-order valence-electron chi connectivity index (χ4n) is 6.26. The molecule has 2 aliphatic rings. The molecule has 1 saturated carbocycles. The Morgan fingerprint density at radius 3 is 2.36 bits per heavy atom. The van der Waals surface area contributed by atoms with E-state index < -0.39 is 5.97 Å². The van der Waals surface area contributed by atoms with Gasteiger partial charge < -0.3 is 29.6 Å². The van der Waals surface area contributed by atoms with E-state index in [0.29, 0.717) is 6.61 Å². The molecule has 1 fully saturated rings. The summed E-state index contributed by atoms with van der Waals surface area (Å²) in [5.74, 6) is 0.317. The number of benzene rings is 3. The molecule has 0 aromatic heterocycles. The number of aryl methyl sites for hydroxylation is 2. The van der Waals surface area contributed by atoms with Crippen molar-refractivity contribution in [3.63, 3.8) is 0 Å². The Kier molecular flexibility index (Phi) is 7.70. The Bertz CT molecular complexity index is 1350. The largest absolute Gasteiger partial charge is 0.550 e. The van der Waals surface area contributed by atoms with E-state index in [1.54, 1.807) is 0 Å². The van der Waals surface area contributed by atoms with E-state index in [1.165, 1.54) is 5.56 Å². The van der Waals surface area contributed by atoms with Crippen molar-refractivity contribution in [2.45, 2.75) is 59.0 Å². The van der Waals surface area contributed by atoms with Crippen LogP contribution in [0.25, 0.3) is 11.1 Å². The first-order valence-corrected chi connectivity index (χ1v) is 13.7. The van der Waals surface area contributed by atoms with E-state index in [4.69, 9.17) is 9.47 Å². The first-order valence-electron chi connectivity index (χ1n) is 13.7. The molecule has 0 aliphatic heterocycles. The summed E-state index contributed by atoms with van der Waals surface area (Å²) in [6, 6.07) is 16.4. The zero-order valence-corrected chi connectivity index (χ0v) is 23.0. The third-order valence-corrected chi connectivity index (χ3v) is 8.65. The number of hydrogen-bond donors (Lipinski definition) is 2. The van der Waals surface area contributed by atoms with Gasteiger partial charge in [-0.3, -0.25) is 0 Å². The molecule has 6 nitrogen and oxygen atoms in total. The normalized spacial score (nSPS) is 16.9. The fraction of sp³-hybridized carbons (Fsp3) is 0.424. The molecule has 0 heterocycles.